The van der Waals surface area contributed by atoms with Crippen LogP contribution >= 0.6 is 0 Å². The van der Waals surface area contributed by atoms with Gasteiger partial charge in [-0.15, -0.1) is 0 Å². The topological polar surface area (TPSA) is 39.4 Å². The SMILES string of the molecule is N#C[C@@H]1C=CC=CN1C(=Nc1ccccc1)c1ccccc1. The molecule has 1 atom stereocenters. The Morgan fingerprint density at radius 2 is 1.64 bits per heavy atom. The van der Waals surface area contributed by atoms with E-state index in [1.54, 1.807) is 0 Å². The summed E-state index contributed by atoms with van der Waals surface area (Å²) in [6, 6.07) is 21.6. The van der Waals surface area contributed by atoms with Gasteiger partial charge in [-0.05, 0) is 24.3 Å². The lowest BCUT2D eigenvalue weighted by molar-refractivity contribution is 0.539. The molecule has 0 spiro atoms. The van der Waals surface area contributed by atoms with Crippen molar-refractivity contribution in [1.82, 2.24) is 4.90 Å². The summed E-state index contributed by atoms with van der Waals surface area (Å²) in [5, 5.41) is 9.39. The Morgan fingerprint density at radius 1 is 0.955 bits per heavy atom. The van der Waals surface area contributed by atoms with Crippen molar-refractivity contribution in [3.8, 4) is 6.07 Å². The summed E-state index contributed by atoms with van der Waals surface area (Å²) in [5.74, 6) is 0.763. The van der Waals surface area contributed by atoms with Crippen LogP contribution in [-0.2, 0) is 0 Å². The van der Waals surface area contributed by atoms with Crippen LogP contribution in [0.5, 0.6) is 0 Å². The second-order valence-corrected chi connectivity index (χ2v) is 4.84. The maximum atomic E-state index is 9.39. The standard InChI is InChI=1S/C19H15N3/c20-15-18-13-7-8-14-22(18)19(16-9-3-1-4-10-16)21-17-11-5-2-6-12-17/h1-14,18H/t18-/m0/s1. The molecular weight excluding hydrogens is 270 g/mol. The molecule has 0 amide bonds. The van der Waals surface area contributed by atoms with E-state index in [9.17, 15) is 5.26 Å². The molecule has 0 saturated heterocycles. The number of nitriles is 1. The molecule has 0 saturated carbocycles. The molecule has 0 aliphatic carbocycles. The highest BCUT2D eigenvalue weighted by molar-refractivity contribution is 6.01. The van der Waals surface area contributed by atoms with Gasteiger partial charge >= 0.3 is 0 Å². The quantitative estimate of drug-likeness (QED) is 0.617. The summed E-state index contributed by atoms with van der Waals surface area (Å²) in [7, 11) is 0. The minimum absolute atomic E-state index is 0.354. The summed E-state index contributed by atoms with van der Waals surface area (Å²) >= 11 is 0. The van der Waals surface area contributed by atoms with Crippen molar-refractivity contribution in [3.05, 3.63) is 90.7 Å². The van der Waals surface area contributed by atoms with Crippen molar-refractivity contribution in [1.29, 1.82) is 5.26 Å². The predicted molar refractivity (Wildman–Crippen MR) is 88.6 cm³/mol. The first-order valence-corrected chi connectivity index (χ1v) is 7.10. The molecule has 0 radical (unpaired) electrons. The predicted octanol–water partition coefficient (Wildman–Crippen LogP) is 4.04. The molecule has 2 aromatic rings. The molecule has 22 heavy (non-hydrogen) atoms. The molecule has 3 heteroatoms. The lowest BCUT2D eigenvalue weighted by Gasteiger charge is -2.27. The van der Waals surface area contributed by atoms with Crippen LogP contribution in [0.25, 0.3) is 0 Å². The van der Waals surface area contributed by atoms with E-state index >= 15 is 0 Å². The van der Waals surface area contributed by atoms with Gasteiger partial charge in [-0.1, -0.05) is 54.6 Å². The molecule has 1 aliphatic heterocycles. The molecule has 0 fully saturated rings. The van der Waals surface area contributed by atoms with Gasteiger partial charge < -0.3 is 4.90 Å². The van der Waals surface area contributed by atoms with E-state index in [2.05, 4.69) is 6.07 Å². The molecule has 0 N–H and O–H groups in total. The van der Waals surface area contributed by atoms with Crippen LogP contribution in [-0.4, -0.2) is 16.8 Å². The molecule has 1 heterocycles. The average molecular weight is 285 g/mol. The van der Waals surface area contributed by atoms with Gasteiger partial charge in [0.2, 0.25) is 0 Å². The third kappa shape index (κ3) is 2.97. The highest BCUT2D eigenvalue weighted by Crippen LogP contribution is 2.19. The second-order valence-electron chi connectivity index (χ2n) is 4.84. The lowest BCUT2D eigenvalue weighted by Crippen LogP contribution is -2.35. The van der Waals surface area contributed by atoms with E-state index in [1.165, 1.54) is 0 Å². The Morgan fingerprint density at radius 3 is 2.32 bits per heavy atom. The van der Waals surface area contributed by atoms with Gasteiger partial charge in [-0.3, -0.25) is 0 Å². The highest BCUT2D eigenvalue weighted by Gasteiger charge is 2.20. The minimum Gasteiger partial charge on any atom is -0.312 e. The zero-order valence-electron chi connectivity index (χ0n) is 12.0. The smallest absolute Gasteiger partial charge is 0.141 e. The molecule has 3 nitrogen and oxygen atoms in total. The summed E-state index contributed by atoms with van der Waals surface area (Å²) in [4.78, 5) is 6.65. The third-order valence-electron chi connectivity index (χ3n) is 3.35. The molecule has 0 unspecified atom stereocenters. The zero-order valence-corrected chi connectivity index (χ0v) is 12.0. The van der Waals surface area contributed by atoms with Crippen LogP contribution in [0.3, 0.4) is 0 Å². The number of amidine groups is 1. The zero-order chi connectivity index (χ0) is 15.2. The monoisotopic (exact) mass is 285 g/mol. The Balaban J connectivity index is 2.08. The third-order valence-corrected chi connectivity index (χ3v) is 3.35. The molecule has 1 aliphatic rings. The van der Waals surface area contributed by atoms with Crippen LogP contribution in [0.1, 0.15) is 5.56 Å². The van der Waals surface area contributed by atoms with Crippen molar-refractivity contribution in [3.63, 3.8) is 0 Å². The van der Waals surface area contributed by atoms with Crippen molar-refractivity contribution in [2.24, 2.45) is 4.99 Å². The van der Waals surface area contributed by atoms with Crippen molar-refractivity contribution in [2.45, 2.75) is 6.04 Å². The number of nitrogens with zero attached hydrogens (tertiary/aromatic N) is 3. The normalized spacial score (nSPS) is 17.3. The van der Waals surface area contributed by atoms with Gasteiger partial charge in [-0.25, -0.2) is 4.99 Å². The summed E-state index contributed by atoms with van der Waals surface area (Å²) in [6.45, 7) is 0. The summed E-state index contributed by atoms with van der Waals surface area (Å²) in [5.41, 5.74) is 1.84. The van der Waals surface area contributed by atoms with E-state index in [-0.39, 0.29) is 6.04 Å². The van der Waals surface area contributed by atoms with Gasteiger partial charge in [0.25, 0.3) is 0 Å². The number of allylic oxidation sites excluding steroid dienone is 2. The van der Waals surface area contributed by atoms with E-state index in [4.69, 9.17) is 4.99 Å². The Hall–Kier alpha value is -3.12. The fraction of sp³-hybridized carbons (Fsp3) is 0.0526. The number of hydrogen-bond acceptors (Lipinski definition) is 2. The first kappa shape index (κ1) is 13.8. The maximum Gasteiger partial charge on any atom is 0.141 e. The van der Waals surface area contributed by atoms with E-state index in [0.717, 1.165) is 17.1 Å². The summed E-state index contributed by atoms with van der Waals surface area (Å²) < 4.78 is 0. The van der Waals surface area contributed by atoms with Crippen LogP contribution in [0.2, 0.25) is 0 Å². The average Bonchev–Trinajstić information content (AvgIpc) is 2.61. The van der Waals surface area contributed by atoms with Crippen LogP contribution < -0.4 is 0 Å². The van der Waals surface area contributed by atoms with Gasteiger partial charge in [-0.2, -0.15) is 5.26 Å². The Bertz CT molecular complexity index is 752. The molecular formula is C19H15N3. The number of hydrogen-bond donors (Lipinski definition) is 0. The minimum atomic E-state index is -0.354. The molecule has 2 aromatic carbocycles. The van der Waals surface area contributed by atoms with E-state index in [0.29, 0.717) is 0 Å². The number of aliphatic imine (C=N–C) groups is 1. The second kappa shape index (κ2) is 6.55. The van der Waals surface area contributed by atoms with Crippen molar-refractivity contribution < 1.29 is 0 Å². The van der Waals surface area contributed by atoms with E-state index in [1.807, 2.05) is 90.0 Å². The van der Waals surface area contributed by atoms with Gasteiger partial charge in [0, 0.05) is 11.8 Å². The fourth-order valence-corrected chi connectivity index (χ4v) is 2.29. The molecule has 3 rings (SSSR count). The first-order chi connectivity index (χ1) is 10.9. The number of para-hydroxylation sites is 1. The largest absolute Gasteiger partial charge is 0.312 e. The molecule has 0 bridgehead atoms. The number of rotatable bonds is 2. The van der Waals surface area contributed by atoms with Gasteiger partial charge in [0.15, 0.2) is 0 Å². The fourth-order valence-electron chi connectivity index (χ4n) is 2.29. The van der Waals surface area contributed by atoms with Crippen molar-refractivity contribution >= 4 is 11.5 Å². The molecule has 106 valence electrons. The van der Waals surface area contributed by atoms with Gasteiger partial charge in [0.05, 0.1) is 11.8 Å². The maximum absolute atomic E-state index is 9.39. The van der Waals surface area contributed by atoms with Crippen molar-refractivity contribution in [2.75, 3.05) is 0 Å². The van der Waals surface area contributed by atoms with Gasteiger partial charge in [0.1, 0.15) is 11.9 Å². The lowest BCUT2D eigenvalue weighted by atomic mass is 10.1. The first-order valence-electron chi connectivity index (χ1n) is 7.10. The Labute approximate surface area is 130 Å². The number of benzene rings is 2. The Kier molecular flexibility index (Phi) is 4.12. The van der Waals surface area contributed by atoms with Crippen LogP contribution in [0.4, 0.5) is 5.69 Å². The van der Waals surface area contributed by atoms with E-state index < -0.39 is 0 Å². The van der Waals surface area contributed by atoms with Crippen LogP contribution in [0, 0.1) is 11.3 Å². The highest BCUT2D eigenvalue weighted by atomic mass is 15.2. The van der Waals surface area contributed by atoms with Crippen LogP contribution in [0.15, 0.2) is 90.1 Å². The summed E-state index contributed by atoms with van der Waals surface area (Å²) in [6.07, 6.45) is 7.55. The molecule has 0 aromatic heterocycles.